The van der Waals surface area contributed by atoms with E-state index in [0.717, 1.165) is 74.2 Å². The minimum atomic E-state index is 0.523. The summed E-state index contributed by atoms with van der Waals surface area (Å²) in [7, 11) is 0. The zero-order valence-corrected chi connectivity index (χ0v) is 22.9. The summed E-state index contributed by atoms with van der Waals surface area (Å²) in [6.07, 6.45) is 11.2. The molecule has 0 fully saturated rings. The Balaban J connectivity index is 1.29. The first-order valence-electron chi connectivity index (χ1n) is 14.6. The first kappa shape index (κ1) is 24.8. The lowest BCUT2D eigenvalue weighted by atomic mass is 9.95. The van der Waals surface area contributed by atoms with Crippen molar-refractivity contribution in [2.45, 2.75) is 51.4 Å². The number of hydrogen-bond donors (Lipinski definition) is 0. The van der Waals surface area contributed by atoms with Crippen LogP contribution in [0.25, 0.3) is 0 Å². The van der Waals surface area contributed by atoms with E-state index >= 15 is 0 Å². The normalized spacial score (nSPS) is 16.2. The van der Waals surface area contributed by atoms with Crippen molar-refractivity contribution in [1.82, 2.24) is 0 Å². The maximum atomic E-state index is 6.38. The predicted molar refractivity (Wildman–Crippen MR) is 163 cm³/mol. The minimum Gasteiger partial charge on any atom is -0.490 e. The molecule has 1 aliphatic heterocycles. The van der Waals surface area contributed by atoms with Gasteiger partial charge in [0.2, 0.25) is 0 Å². The van der Waals surface area contributed by atoms with Gasteiger partial charge in [-0.05, 0) is 120 Å². The fourth-order valence-corrected chi connectivity index (χ4v) is 6.03. The smallest absolute Gasteiger partial charge is 0.122 e. The number of hydrogen-bond acceptors (Lipinski definition) is 4. The maximum absolute atomic E-state index is 6.38. The average Bonchev–Trinajstić information content (AvgIpc) is 2.96. The number of nitrogens with zero attached hydrogens (tertiary/aromatic N) is 2. The first-order valence-corrected chi connectivity index (χ1v) is 14.6. The standard InChI is InChI=1S/C36H34N2O2/c1-9-29-11-3-27-7-15-31-13-5-25(1)21-33(29)37-17-18-38-34-22-26-2-10-30(34)12-4-28-8-16-32(14-6-26)36(24-28)40-20-19-39-35(31)23-27/h1-2,7-10,15-18,21-24H,3-6,11-14,19-20H2. The average molecular weight is 527 g/mol. The molecule has 13 rings (SSSR count). The SMILES string of the molecule is C1=Nc2cc3ccc2CCc2ccc(c(c2)OCCOc2cc4ccc2CCc2ccc(c(c2)N=C1)CC4)CC3. The number of benzene rings is 4. The molecular formula is C36H34N2O2. The molecule has 0 N–H and O–H groups in total. The monoisotopic (exact) mass is 526 g/mol. The topological polar surface area (TPSA) is 43.2 Å². The minimum absolute atomic E-state index is 0.523. The lowest BCUT2D eigenvalue weighted by Crippen LogP contribution is -2.12. The summed E-state index contributed by atoms with van der Waals surface area (Å²) in [4.78, 5) is 9.80. The highest BCUT2D eigenvalue weighted by atomic mass is 16.5. The van der Waals surface area contributed by atoms with Crippen LogP contribution < -0.4 is 9.47 Å². The Morgan fingerprint density at radius 2 is 0.775 bits per heavy atom. The number of ether oxygens (including phenoxy) is 2. The number of rotatable bonds is 0. The molecule has 4 aromatic carbocycles. The molecule has 0 spiro atoms. The third kappa shape index (κ3) is 5.44. The number of aryl methyl sites for hydroxylation is 8. The van der Waals surface area contributed by atoms with E-state index < -0.39 is 0 Å². The van der Waals surface area contributed by atoms with Crippen LogP contribution in [0.15, 0.2) is 82.8 Å². The molecule has 0 aromatic heterocycles. The molecule has 0 radical (unpaired) electrons. The Morgan fingerprint density at radius 1 is 0.400 bits per heavy atom. The molecule has 0 atom stereocenters. The lowest BCUT2D eigenvalue weighted by molar-refractivity contribution is 0.214. The molecule has 1 heterocycles. The molecule has 9 aliphatic rings. The highest BCUT2D eigenvalue weighted by Crippen LogP contribution is 2.31. The fourth-order valence-electron chi connectivity index (χ4n) is 6.03. The zero-order chi connectivity index (χ0) is 26.7. The summed E-state index contributed by atoms with van der Waals surface area (Å²) in [6, 6.07) is 27.0. The molecule has 0 unspecified atom stereocenters. The van der Waals surface area contributed by atoms with Gasteiger partial charge >= 0.3 is 0 Å². The largest absolute Gasteiger partial charge is 0.490 e. The quantitative estimate of drug-likeness (QED) is 0.241. The number of aliphatic imine (C=N–C) groups is 2. The van der Waals surface area contributed by atoms with E-state index in [4.69, 9.17) is 19.5 Å². The van der Waals surface area contributed by atoms with Gasteiger partial charge in [0, 0.05) is 12.4 Å². The van der Waals surface area contributed by atoms with Crippen LogP contribution in [0.4, 0.5) is 11.4 Å². The summed E-state index contributed by atoms with van der Waals surface area (Å²) in [5.41, 5.74) is 12.3. The van der Waals surface area contributed by atoms with Crippen LogP contribution in [0.5, 0.6) is 11.5 Å². The van der Waals surface area contributed by atoms with Gasteiger partial charge in [-0.15, -0.1) is 0 Å². The summed E-state index contributed by atoms with van der Waals surface area (Å²) >= 11 is 0. The van der Waals surface area contributed by atoms with Gasteiger partial charge in [0.15, 0.2) is 0 Å². The summed E-state index contributed by atoms with van der Waals surface area (Å²) < 4.78 is 12.8. The van der Waals surface area contributed by atoms with Crippen LogP contribution in [-0.4, -0.2) is 25.6 Å². The van der Waals surface area contributed by atoms with Crippen molar-refractivity contribution >= 4 is 23.8 Å². The van der Waals surface area contributed by atoms with Gasteiger partial charge in [0.1, 0.15) is 24.7 Å². The Kier molecular flexibility index (Phi) is 6.91. The van der Waals surface area contributed by atoms with E-state index in [9.17, 15) is 0 Å². The van der Waals surface area contributed by atoms with E-state index in [1.54, 1.807) is 0 Å². The second-order valence-corrected chi connectivity index (χ2v) is 11.1. The Bertz CT molecular complexity index is 1500. The van der Waals surface area contributed by atoms with Crippen LogP contribution in [0.1, 0.15) is 44.5 Å². The Morgan fingerprint density at radius 3 is 1.23 bits per heavy atom. The third-order valence-corrected chi connectivity index (χ3v) is 8.39. The molecule has 12 bridgehead atoms. The van der Waals surface area contributed by atoms with Crippen molar-refractivity contribution in [3.05, 3.63) is 117 Å². The van der Waals surface area contributed by atoms with Crippen LogP contribution in [-0.2, 0) is 51.4 Å². The fraction of sp³-hybridized carbons (Fsp3) is 0.278. The van der Waals surface area contributed by atoms with Crippen molar-refractivity contribution < 1.29 is 9.47 Å². The van der Waals surface area contributed by atoms with Crippen LogP contribution >= 0.6 is 0 Å². The molecule has 4 nitrogen and oxygen atoms in total. The van der Waals surface area contributed by atoms with E-state index in [0.29, 0.717) is 13.2 Å². The zero-order valence-electron chi connectivity index (χ0n) is 22.9. The highest BCUT2D eigenvalue weighted by molar-refractivity contribution is 6.17. The highest BCUT2D eigenvalue weighted by Gasteiger charge is 2.14. The molecule has 8 aliphatic carbocycles. The van der Waals surface area contributed by atoms with Gasteiger partial charge in [-0.3, -0.25) is 9.98 Å². The van der Waals surface area contributed by atoms with Crippen molar-refractivity contribution in [3.8, 4) is 11.5 Å². The van der Waals surface area contributed by atoms with Crippen LogP contribution in [0.3, 0.4) is 0 Å². The van der Waals surface area contributed by atoms with Crippen LogP contribution in [0, 0.1) is 0 Å². The van der Waals surface area contributed by atoms with Gasteiger partial charge in [-0.25, -0.2) is 0 Å². The third-order valence-electron chi connectivity index (χ3n) is 8.39. The molecule has 0 saturated heterocycles. The van der Waals surface area contributed by atoms with E-state index in [1.165, 1.54) is 44.5 Å². The molecule has 0 saturated carbocycles. The van der Waals surface area contributed by atoms with Crippen LogP contribution in [0.2, 0.25) is 0 Å². The Labute approximate surface area is 236 Å². The van der Waals surface area contributed by atoms with Gasteiger partial charge < -0.3 is 9.47 Å². The Hall–Kier alpha value is -4.18. The molecule has 200 valence electrons. The van der Waals surface area contributed by atoms with Crippen molar-refractivity contribution in [3.63, 3.8) is 0 Å². The van der Waals surface area contributed by atoms with Gasteiger partial charge in [0.05, 0.1) is 11.4 Å². The molecular weight excluding hydrogens is 492 g/mol. The van der Waals surface area contributed by atoms with Gasteiger partial charge in [-0.2, -0.15) is 0 Å². The van der Waals surface area contributed by atoms with Gasteiger partial charge in [0.25, 0.3) is 0 Å². The van der Waals surface area contributed by atoms with Crippen molar-refractivity contribution in [2.24, 2.45) is 9.98 Å². The summed E-state index contributed by atoms with van der Waals surface area (Å²) in [6.45, 7) is 1.05. The second-order valence-electron chi connectivity index (χ2n) is 11.1. The first-order chi connectivity index (χ1) is 19.8. The maximum Gasteiger partial charge on any atom is 0.122 e. The molecule has 4 aromatic rings. The van der Waals surface area contributed by atoms with Crippen molar-refractivity contribution in [2.75, 3.05) is 13.2 Å². The van der Waals surface area contributed by atoms with E-state index in [2.05, 4.69) is 72.8 Å². The summed E-state index contributed by atoms with van der Waals surface area (Å²) in [5, 5.41) is 0. The van der Waals surface area contributed by atoms with E-state index in [1.807, 2.05) is 12.4 Å². The lowest BCUT2D eigenvalue weighted by Gasteiger charge is -2.18. The predicted octanol–water partition coefficient (Wildman–Crippen LogP) is 7.33. The molecule has 0 amide bonds. The van der Waals surface area contributed by atoms with Crippen molar-refractivity contribution in [1.29, 1.82) is 0 Å². The molecule has 40 heavy (non-hydrogen) atoms. The van der Waals surface area contributed by atoms with E-state index in [-0.39, 0.29) is 0 Å². The second kappa shape index (κ2) is 11.1. The molecule has 4 heteroatoms. The van der Waals surface area contributed by atoms with Gasteiger partial charge in [-0.1, -0.05) is 48.5 Å². The summed E-state index contributed by atoms with van der Waals surface area (Å²) in [5.74, 6) is 1.98.